The first kappa shape index (κ1) is 8.83. The number of nitrogens with zero attached hydrogens (tertiary/aromatic N) is 2. The second-order valence-corrected chi connectivity index (χ2v) is 2.80. The molecule has 0 radical (unpaired) electrons. The van der Waals surface area contributed by atoms with Crippen molar-refractivity contribution in [3.05, 3.63) is 24.4 Å². The van der Waals surface area contributed by atoms with Gasteiger partial charge in [-0.05, 0) is 12.1 Å². The lowest BCUT2D eigenvalue weighted by atomic mass is 10.3. The van der Waals surface area contributed by atoms with Crippen molar-refractivity contribution >= 4 is 17.6 Å². The van der Waals surface area contributed by atoms with Gasteiger partial charge in [0, 0.05) is 6.20 Å². The zero-order valence-electron chi connectivity index (χ0n) is 7.34. The molecule has 0 spiro atoms. The van der Waals surface area contributed by atoms with Crippen LogP contribution in [-0.4, -0.2) is 30.0 Å². The number of pyridine rings is 1. The fraction of sp³-hybridized carbons (Fsp3) is 0.222. The van der Waals surface area contributed by atoms with Crippen LogP contribution < -0.4 is 4.90 Å². The first-order valence-electron chi connectivity index (χ1n) is 4.13. The van der Waals surface area contributed by atoms with Gasteiger partial charge in [0.15, 0.2) is 0 Å². The van der Waals surface area contributed by atoms with Gasteiger partial charge in [0.05, 0.1) is 0 Å². The van der Waals surface area contributed by atoms with Crippen LogP contribution in [0.5, 0.6) is 0 Å². The molecule has 2 heterocycles. The van der Waals surface area contributed by atoms with Crippen molar-refractivity contribution in [3.63, 3.8) is 0 Å². The normalized spacial score (nSPS) is 17.3. The van der Waals surface area contributed by atoms with E-state index in [1.165, 1.54) is 6.20 Å². The van der Waals surface area contributed by atoms with E-state index in [2.05, 4.69) is 4.98 Å². The van der Waals surface area contributed by atoms with Crippen LogP contribution in [0.15, 0.2) is 24.4 Å². The Kier molecular flexibility index (Phi) is 2.24. The number of amides is 2. The maximum atomic E-state index is 11.3. The lowest BCUT2D eigenvalue weighted by molar-refractivity contribution is -0.138. The number of morpholine rings is 1. The Labute approximate surface area is 80.3 Å². The Morgan fingerprint density at radius 3 is 2.50 bits per heavy atom. The van der Waals surface area contributed by atoms with Crippen LogP contribution in [0.25, 0.3) is 0 Å². The van der Waals surface area contributed by atoms with E-state index in [0.717, 1.165) is 4.90 Å². The number of aromatic nitrogens is 1. The van der Waals surface area contributed by atoms with E-state index < -0.39 is 0 Å². The van der Waals surface area contributed by atoms with Gasteiger partial charge in [-0.25, -0.2) is 9.88 Å². The second-order valence-electron chi connectivity index (χ2n) is 2.80. The van der Waals surface area contributed by atoms with Gasteiger partial charge < -0.3 is 4.74 Å². The van der Waals surface area contributed by atoms with Crippen LogP contribution in [0.2, 0.25) is 0 Å². The van der Waals surface area contributed by atoms with Crippen molar-refractivity contribution in [1.82, 2.24) is 4.98 Å². The number of hydrogen-bond acceptors (Lipinski definition) is 4. The van der Waals surface area contributed by atoms with Gasteiger partial charge in [-0.3, -0.25) is 9.59 Å². The van der Waals surface area contributed by atoms with E-state index in [9.17, 15) is 9.59 Å². The van der Waals surface area contributed by atoms with Crippen LogP contribution in [0.1, 0.15) is 0 Å². The topological polar surface area (TPSA) is 59.5 Å². The van der Waals surface area contributed by atoms with Gasteiger partial charge in [0.1, 0.15) is 19.0 Å². The lowest BCUT2D eigenvalue weighted by Gasteiger charge is -2.23. The molecular weight excluding hydrogens is 184 g/mol. The van der Waals surface area contributed by atoms with Crippen molar-refractivity contribution in [2.24, 2.45) is 0 Å². The second kappa shape index (κ2) is 3.55. The molecule has 0 unspecified atom stereocenters. The molecule has 2 rings (SSSR count). The van der Waals surface area contributed by atoms with Crippen molar-refractivity contribution in [1.29, 1.82) is 0 Å². The van der Waals surface area contributed by atoms with Crippen LogP contribution in [-0.2, 0) is 14.3 Å². The predicted octanol–water partition coefficient (Wildman–Crippen LogP) is -0.0286. The molecule has 14 heavy (non-hydrogen) atoms. The Balaban J connectivity index is 2.32. The Hall–Kier alpha value is -1.75. The number of imide groups is 1. The predicted molar refractivity (Wildman–Crippen MR) is 47.5 cm³/mol. The minimum Gasteiger partial charge on any atom is -0.362 e. The fourth-order valence-corrected chi connectivity index (χ4v) is 1.24. The number of rotatable bonds is 1. The average molecular weight is 192 g/mol. The van der Waals surface area contributed by atoms with Gasteiger partial charge in [0.2, 0.25) is 0 Å². The highest BCUT2D eigenvalue weighted by atomic mass is 16.5. The smallest absolute Gasteiger partial charge is 0.261 e. The largest absolute Gasteiger partial charge is 0.362 e. The molecule has 0 aliphatic carbocycles. The summed E-state index contributed by atoms with van der Waals surface area (Å²) in [5.41, 5.74) is 0. The summed E-state index contributed by atoms with van der Waals surface area (Å²) >= 11 is 0. The fourth-order valence-electron chi connectivity index (χ4n) is 1.24. The lowest BCUT2D eigenvalue weighted by Crippen LogP contribution is -2.46. The van der Waals surface area contributed by atoms with Gasteiger partial charge in [-0.15, -0.1) is 0 Å². The number of anilines is 1. The van der Waals surface area contributed by atoms with E-state index in [0.29, 0.717) is 5.82 Å². The summed E-state index contributed by atoms with van der Waals surface area (Å²) < 4.78 is 4.78. The number of carbonyl (C=O) groups excluding carboxylic acids is 2. The third kappa shape index (κ3) is 1.49. The molecule has 1 saturated heterocycles. The molecular formula is C9H8N2O3. The standard InChI is InChI=1S/C9H8N2O3/c12-8-5-14-6-9(13)11(8)7-3-1-2-4-10-7/h1-4H,5-6H2. The third-order valence-electron chi connectivity index (χ3n) is 1.83. The monoisotopic (exact) mass is 192 g/mol. The number of ether oxygens (including phenoxy) is 1. The van der Waals surface area contributed by atoms with E-state index in [1.807, 2.05) is 0 Å². The Morgan fingerprint density at radius 2 is 1.93 bits per heavy atom. The maximum absolute atomic E-state index is 11.3. The Morgan fingerprint density at radius 1 is 1.21 bits per heavy atom. The van der Waals surface area contributed by atoms with E-state index in [4.69, 9.17) is 4.74 Å². The molecule has 1 aromatic rings. The van der Waals surface area contributed by atoms with Crippen molar-refractivity contribution in [2.75, 3.05) is 18.1 Å². The zero-order valence-corrected chi connectivity index (χ0v) is 7.34. The highest BCUT2D eigenvalue weighted by Crippen LogP contribution is 2.12. The molecule has 1 aliphatic heterocycles. The van der Waals surface area contributed by atoms with Crippen molar-refractivity contribution in [3.8, 4) is 0 Å². The average Bonchev–Trinajstić information content (AvgIpc) is 2.19. The number of hydrogen-bond donors (Lipinski definition) is 0. The summed E-state index contributed by atoms with van der Waals surface area (Å²) in [6.45, 7) is -0.134. The molecule has 0 aromatic carbocycles. The highest BCUT2D eigenvalue weighted by Gasteiger charge is 2.28. The summed E-state index contributed by atoms with van der Waals surface area (Å²) in [5, 5.41) is 0. The molecule has 2 amide bonds. The molecule has 0 bridgehead atoms. The first-order chi connectivity index (χ1) is 6.79. The van der Waals surface area contributed by atoms with Gasteiger partial charge in [-0.1, -0.05) is 6.07 Å². The Bertz CT molecular complexity index is 348. The van der Waals surface area contributed by atoms with E-state index >= 15 is 0 Å². The molecule has 1 fully saturated rings. The minimum atomic E-state index is -0.375. The van der Waals surface area contributed by atoms with Crippen LogP contribution in [0, 0.1) is 0 Å². The van der Waals surface area contributed by atoms with Gasteiger partial charge in [-0.2, -0.15) is 0 Å². The summed E-state index contributed by atoms with van der Waals surface area (Å²) in [4.78, 5) is 27.7. The molecule has 5 heteroatoms. The van der Waals surface area contributed by atoms with Crippen LogP contribution in [0.3, 0.4) is 0 Å². The van der Waals surface area contributed by atoms with Crippen molar-refractivity contribution in [2.45, 2.75) is 0 Å². The minimum absolute atomic E-state index is 0.0671. The summed E-state index contributed by atoms with van der Waals surface area (Å²) in [5.74, 6) is -0.397. The van der Waals surface area contributed by atoms with E-state index in [-0.39, 0.29) is 25.0 Å². The summed E-state index contributed by atoms with van der Waals surface area (Å²) in [7, 11) is 0. The number of carbonyl (C=O) groups is 2. The molecule has 1 aromatic heterocycles. The third-order valence-corrected chi connectivity index (χ3v) is 1.83. The quantitative estimate of drug-likeness (QED) is 0.586. The van der Waals surface area contributed by atoms with Crippen LogP contribution in [0.4, 0.5) is 5.82 Å². The van der Waals surface area contributed by atoms with E-state index in [1.54, 1.807) is 18.2 Å². The molecule has 0 N–H and O–H groups in total. The maximum Gasteiger partial charge on any atom is 0.261 e. The first-order valence-corrected chi connectivity index (χ1v) is 4.13. The molecule has 0 atom stereocenters. The van der Waals surface area contributed by atoms with Gasteiger partial charge >= 0.3 is 0 Å². The molecule has 1 aliphatic rings. The van der Waals surface area contributed by atoms with Crippen LogP contribution >= 0.6 is 0 Å². The van der Waals surface area contributed by atoms with Crippen molar-refractivity contribution < 1.29 is 14.3 Å². The highest BCUT2D eigenvalue weighted by molar-refractivity contribution is 6.16. The summed E-state index contributed by atoms with van der Waals surface area (Å²) in [6.07, 6.45) is 1.53. The molecule has 5 nitrogen and oxygen atoms in total. The zero-order chi connectivity index (χ0) is 9.97. The summed E-state index contributed by atoms with van der Waals surface area (Å²) in [6, 6.07) is 5.05. The molecule has 72 valence electrons. The molecule has 0 saturated carbocycles. The van der Waals surface area contributed by atoms with Gasteiger partial charge in [0.25, 0.3) is 11.8 Å². The SMILES string of the molecule is O=C1COCC(=O)N1c1ccccn1.